The summed E-state index contributed by atoms with van der Waals surface area (Å²) in [5.74, 6) is 0.917. The molecule has 1 fully saturated rings. The zero-order valence-electron chi connectivity index (χ0n) is 11.9. The standard InChI is InChI=1S/C14H20ClN3O2/c1-3-9(2)12(10-6-4-5-7-10)13-11(18(19)20)8-16-14(15)17-13/h8-10,12H,3-7H2,1-2H3/t9-,12?/m0/s1. The van der Waals surface area contributed by atoms with Gasteiger partial charge in [0.25, 0.3) is 0 Å². The lowest BCUT2D eigenvalue weighted by atomic mass is 9.77. The first-order chi connectivity index (χ1) is 9.54. The van der Waals surface area contributed by atoms with E-state index in [1.54, 1.807) is 0 Å². The minimum absolute atomic E-state index is 0.00611. The summed E-state index contributed by atoms with van der Waals surface area (Å²) in [6.07, 6.45) is 6.85. The van der Waals surface area contributed by atoms with E-state index in [2.05, 4.69) is 23.8 Å². The summed E-state index contributed by atoms with van der Waals surface area (Å²) in [4.78, 5) is 18.8. The van der Waals surface area contributed by atoms with Crippen LogP contribution in [0.3, 0.4) is 0 Å². The van der Waals surface area contributed by atoms with E-state index < -0.39 is 4.92 Å². The molecule has 1 heterocycles. The van der Waals surface area contributed by atoms with Crippen LogP contribution in [-0.4, -0.2) is 14.9 Å². The van der Waals surface area contributed by atoms with E-state index in [-0.39, 0.29) is 16.9 Å². The fourth-order valence-electron chi connectivity index (χ4n) is 3.28. The molecule has 6 heteroatoms. The van der Waals surface area contributed by atoms with Crippen molar-refractivity contribution < 1.29 is 4.92 Å². The van der Waals surface area contributed by atoms with Crippen LogP contribution in [0, 0.1) is 22.0 Å². The summed E-state index contributed by atoms with van der Waals surface area (Å²) in [6, 6.07) is 0. The van der Waals surface area contributed by atoms with Gasteiger partial charge in [-0.1, -0.05) is 33.1 Å². The molecular weight excluding hydrogens is 278 g/mol. The summed E-state index contributed by atoms with van der Waals surface area (Å²) in [7, 11) is 0. The van der Waals surface area contributed by atoms with Gasteiger partial charge in [0.15, 0.2) is 0 Å². The lowest BCUT2D eigenvalue weighted by molar-refractivity contribution is -0.386. The molecule has 110 valence electrons. The number of halogens is 1. The van der Waals surface area contributed by atoms with Gasteiger partial charge < -0.3 is 0 Å². The fourth-order valence-corrected chi connectivity index (χ4v) is 3.42. The molecule has 1 aromatic heterocycles. The van der Waals surface area contributed by atoms with Crippen LogP contribution < -0.4 is 0 Å². The molecule has 1 unspecified atom stereocenters. The molecule has 0 aliphatic heterocycles. The van der Waals surface area contributed by atoms with Crippen molar-refractivity contribution in [1.29, 1.82) is 0 Å². The third-order valence-corrected chi connectivity index (χ3v) is 4.63. The average Bonchev–Trinajstić information content (AvgIpc) is 2.92. The van der Waals surface area contributed by atoms with E-state index in [4.69, 9.17) is 11.6 Å². The Morgan fingerprint density at radius 2 is 2.15 bits per heavy atom. The van der Waals surface area contributed by atoms with Crippen molar-refractivity contribution in [2.75, 3.05) is 0 Å². The van der Waals surface area contributed by atoms with Crippen LogP contribution in [0.1, 0.15) is 57.6 Å². The Hall–Kier alpha value is -1.23. The molecule has 5 nitrogen and oxygen atoms in total. The Kier molecular flexibility index (Phi) is 4.91. The van der Waals surface area contributed by atoms with Crippen LogP contribution in [0.5, 0.6) is 0 Å². The van der Waals surface area contributed by atoms with Crippen LogP contribution in [0.4, 0.5) is 5.69 Å². The van der Waals surface area contributed by atoms with Crippen LogP contribution in [-0.2, 0) is 0 Å². The monoisotopic (exact) mass is 297 g/mol. The van der Waals surface area contributed by atoms with Crippen LogP contribution in [0.15, 0.2) is 6.20 Å². The quantitative estimate of drug-likeness (QED) is 0.460. The molecule has 1 aromatic rings. The minimum atomic E-state index is -0.393. The van der Waals surface area contributed by atoms with E-state index in [0.717, 1.165) is 19.3 Å². The van der Waals surface area contributed by atoms with Gasteiger partial charge in [0.05, 0.1) is 4.92 Å². The van der Waals surface area contributed by atoms with Gasteiger partial charge >= 0.3 is 5.69 Å². The number of aromatic nitrogens is 2. The van der Waals surface area contributed by atoms with Gasteiger partial charge in [-0.15, -0.1) is 0 Å². The molecule has 0 radical (unpaired) electrons. The molecule has 1 aliphatic rings. The molecule has 0 spiro atoms. The highest BCUT2D eigenvalue weighted by atomic mass is 35.5. The van der Waals surface area contributed by atoms with Crippen molar-refractivity contribution in [3.8, 4) is 0 Å². The molecule has 2 atom stereocenters. The third kappa shape index (κ3) is 3.08. The molecule has 20 heavy (non-hydrogen) atoms. The Morgan fingerprint density at radius 3 is 2.70 bits per heavy atom. The Morgan fingerprint density at radius 1 is 1.50 bits per heavy atom. The zero-order chi connectivity index (χ0) is 14.7. The molecule has 0 aromatic carbocycles. The van der Waals surface area contributed by atoms with Crippen molar-refractivity contribution in [2.24, 2.45) is 11.8 Å². The number of hydrogen-bond acceptors (Lipinski definition) is 4. The lowest BCUT2D eigenvalue weighted by Crippen LogP contribution is -2.20. The van der Waals surface area contributed by atoms with Crippen molar-refractivity contribution in [2.45, 2.75) is 51.9 Å². The summed E-state index contributed by atoms with van der Waals surface area (Å²) >= 11 is 5.88. The first-order valence-electron chi connectivity index (χ1n) is 7.21. The topological polar surface area (TPSA) is 68.9 Å². The average molecular weight is 298 g/mol. The number of hydrogen-bond donors (Lipinski definition) is 0. The Balaban J connectivity index is 2.46. The van der Waals surface area contributed by atoms with Gasteiger partial charge in [0.2, 0.25) is 5.28 Å². The second kappa shape index (κ2) is 6.48. The summed E-state index contributed by atoms with van der Waals surface area (Å²) in [6.45, 7) is 4.25. The molecular formula is C14H20ClN3O2. The van der Waals surface area contributed by atoms with Crippen LogP contribution >= 0.6 is 11.6 Å². The summed E-state index contributed by atoms with van der Waals surface area (Å²) in [5, 5.41) is 11.3. The number of nitrogens with zero attached hydrogens (tertiary/aromatic N) is 3. The maximum absolute atomic E-state index is 11.2. The van der Waals surface area contributed by atoms with Gasteiger partial charge in [0, 0.05) is 5.92 Å². The number of nitro groups is 1. The summed E-state index contributed by atoms with van der Waals surface area (Å²) in [5.41, 5.74) is 0.530. The highest BCUT2D eigenvalue weighted by Gasteiger charge is 2.35. The summed E-state index contributed by atoms with van der Waals surface area (Å²) < 4.78 is 0. The van der Waals surface area contributed by atoms with Crippen molar-refractivity contribution in [1.82, 2.24) is 9.97 Å². The maximum atomic E-state index is 11.2. The highest BCUT2D eigenvalue weighted by molar-refractivity contribution is 6.28. The predicted molar refractivity (Wildman–Crippen MR) is 77.9 cm³/mol. The highest BCUT2D eigenvalue weighted by Crippen LogP contribution is 2.44. The van der Waals surface area contributed by atoms with Gasteiger partial charge in [0.1, 0.15) is 11.9 Å². The van der Waals surface area contributed by atoms with Crippen molar-refractivity contribution >= 4 is 17.3 Å². The molecule has 1 aliphatic carbocycles. The van der Waals surface area contributed by atoms with E-state index in [1.807, 2.05) is 0 Å². The molecule has 0 bridgehead atoms. The maximum Gasteiger partial charge on any atom is 0.309 e. The van der Waals surface area contributed by atoms with E-state index in [0.29, 0.717) is 17.5 Å². The molecule has 0 N–H and O–H groups in total. The van der Waals surface area contributed by atoms with Gasteiger partial charge in [-0.05, 0) is 36.3 Å². The van der Waals surface area contributed by atoms with Gasteiger partial charge in [-0.25, -0.2) is 9.97 Å². The van der Waals surface area contributed by atoms with Crippen molar-refractivity contribution in [3.05, 3.63) is 27.3 Å². The first-order valence-corrected chi connectivity index (χ1v) is 7.59. The number of rotatable bonds is 5. The molecule has 0 amide bonds. The second-order valence-corrected chi connectivity index (χ2v) is 5.96. The van der Waals surface area contributed by atoms with Crippen LogP contribution in [0.2, 0.25) is 5.28 Å². The Bertz CT molecular complexity index is 489. The van der Waals surface area contributed by atoms with E-state index >= 15 is 0 Å². The fraction of sp³-hybridized carbons (Fsp3) is 0.714. The molecule has 1 saturated carbocycles. The first kappa shape index (κ1) is 15.2. The smallest absolute Gasteiger partial charge is 0.258 e. The Labute approximate surface area is 123 Å². The second-order valence-electron chi connectivity index (χ2n) is 5.62. The predicted octanol–water partition coefficient (Wildman–Crippen LogP) is 4.36. The SMILES string of the molecule is CC[C@H](C)C(c1nc(Cl)ncc1[N+](=O)[O-])C1CCCC1. The molecule has 2 rings (SSSR count). The molecule has 0 saturated heterocycles. The van der Waals surface area contributed by atoms with Crippen LogP contribution in [0.25, 0.3) is 0 Å². The third-order valence-electron chi connectivity index (χ3n) is 4.45. The van der Waals surface area contributed by atoms with E-state index in [9.17, 15) is 10.1 Å². The zero-order valence-corrected chi connectivity index (χ0v) is 12.6. The van der Waals surface area contributed by atoms with Crippen molar-refractivity contribution in [3.63, 3.8) is 0 Å². The normalized spacial score (nSPS) is 18.9. The minimum Gasteiger partial charge on any atom is -0.258 e. The van der Waals surface area contributed by atoms with Gasteiger partial charge in [-0.2, -0.15) is 0 Å². The lowest BCUT2D eigenvalue weighted by Gasteiger charge is -2.28. The van der Waals surface area contributed by atoms with Gasteiger partial charge in [-0.3, -0.25) is 10.1 Å². The largest absolute Gasteiger partial charge is 0.309 e. The van der Waals surface area contributed by atoms with E-state index in [1.165, 1.54) is 19.0 Å².